The first-order chi connectivity index (χ1) is 11.9. The van der Waals surface area contributed by atoms with Gasteiger partial charge in [0.2, 0.25) is 5.91 Å². The monoisotopic (exact) mass is 345 g/mol. The highest BCUT2D eigenvalue weighted by molar-refractivity contribution is 6.05. The highest BCUT2D eigenvalue weighted by Gasteiger charge is 2.47. The lowest BCUT2D eigenvalue weighted by Crippen LogP contribution is -2.43. The average Bonchev–Trinajstić information content (AvgIpc) is 2.93. The molecule has 0 spiro atoms. The molecule has 9 heteroatoms. The number of hydrogen-bond donors (Lipinski definition) is 1. The molecule has 2 amide bonds. The lowest BCUT2D eigenvalue weighted by molar-refractivity contribution is -0.131. The second kappa shape index (κ2) is 6.39. The van der Waals surface area contributed by atoms with Crippen molar-refractivity contribution in [3.05, 3.63) is 36.3 Å². The van der Waals surface area contributed by atoms with Gasteiger partial charge >= 0.3 is 0 Å². The number of hydrogen-bond acceptors (Lipinski definition) is 5. The fourth-order valence-electron chi connectivity index (χ4n) is 2.72. The van der Waals surface area contributed by atoms with Gasteiger partial charge in [0.15, 0.2) is 0 Å². The van der Waals surface area contributed by atoms with Gasteiger partial charge in [-0.15, -0.1) is 0 Å². The van der Waals surface area contributed by atoms with Crippen LogP contribution in [-0.4, -0.2) is 51.7 Å². The molecule has 7 nitrogen and oxygen atoms in total. The van der Waals surface area contributed by atoms with E-state index in [1.807, 2.05) is 0 Å². The van der Waals surface area contributed by atoms with Crippen molar-refractivity contribution in [3.63, 3.8) is 0 Å². The second-order valence-corrected chi connectivity index (χ2v) is 5.65. The summed E-state index contributed by atoms with van der Waals surface area (Å²) in [4.78, 5) is 33.1. The number of nitriles is 1. The number of amides is 2. The third-order valence-corrected chi connectivity index (χ3v) is 3.90. The predicted molar refractivity (Wildman–Crippen MR) is 82.5 cm³/mol. The van der Waals surface area contributed by atoms with E-state index in [2.05, 4.69) is 15.3 Å². The molecule has 3 rings (SSSR count). The predicted octanol–water partition coefficient (Wildman–Crippen LogP) is 1.12. The summed E-state index contributed by atoms with van der Waals surface area (Å²) in [5.74, 6) is -4.45. The molecular formula is C16H13F2N5O2. The smallest absolute Gasteiger partial charge is 0.271 e. The summed E-state index contributed by atoms with van der Waals surface area (Å²) in [5.41, 5.74) is 0.652. The molecular weight excluding hydrogens is 332 g/mol. The number of aromatic nitrogens is 2. The average molecular weight is 345 g/mol. The van der Waals surface area contributed by atoms with Crippen LogP contribution in [0.25, 0.3) is 10.9 Å². The van der Waals surface area contributed by atoms with Gasteiger partial charge < -0.3 is 10.2 Å². The van der Waals surface area contributed by atoms with Crippen molar-refractivity contribution >= 4 is 22.7 Å². The van der Waals surface area contributed by atoms with E-state index in [0.717, 1.165) is 4.90 Å². The first kappa shape index (κ1) is 16.7. The molecule has 2 aromatic rings. The minimum absolute atomic E-state index is 0.0852. The highest BCUT2D eigenvalue weighted by Crippen LogP contribution is 2.31. The number of rotatable bonds is 3. The molecule has 1 aliphatic heterocycles. The summed E-state index contributed by atoms with van der Waals surface area (Å²) in [6, 6.07) is 7.35. The number of fused-ring (bicyclic) bond motifs is 1. The number of carbonyl (C=O) groups excluding carboxylic acids is 2. The maximum atomic E-state index is 13.4. The SMILES string of the molecule is N#CC1CC(F)(F)CN1C(=O)CNC(=O)c1ncnc2ccccc12. The topological polar surface area (TPSA) is 99.0 Å². The molecule has 1 unspecified atom stereocenters. The molecule has 25 heavy (non-hydrogen) atoms. The van der Waals surface area contributed by atoms with E-state index in [1.165, 1.54) is 6.33 Å². The molecule has 1 aromatic carbocycles. The summed E-state index contributed by atoms with van der Waals surface area (Å²) in [5, 5.41) is 11.8. The van der Waals surface area contributed by atoms with Gasteiger partial charge in [0.1, 0.15) is 18.1 Å². The molecule has 1 N–H and O–H groups in total. The van der Waals surface area contributed by atoms with Crippen LogP contribution < -0.4 is 5.32 Å². The minimum atomic E-state index is -3.09. The van der Waals surface area contributed by atoms with Gasteiger partial charge in [-0.25, -0.2) is 18.7 Å². The molecule has 1 atom stereocenters. The zero-order chi connectivity index (χ0) is 18.0. The number of benzene rings is 1. The molecule has 128 valence electrons. The molecule has 2 heterocycles. The zero-order valence-electron chi connectivity index (χ0n) is 12.9. The molecule has 1 fully saturated rings. The van der Waals surface area contributed by atoms with E-state index in [9.17, 15) is 18.4 Å². The van der Waals surface area contributed by atoms with Crippen molar-refractivity contribution in [2.45, 2.75) is 18.4 Å². The first-order valence-electron chi connectivity index (χ1n) is 7.46. The van der Waals surface area contributed by atoms with Crippen LogP contribution in [0, 0.1) is 11.3 Å². The molecule has 1 saturated heterocycles. The molecule has 0 bridgehead atoms. The van der Waals surface area contributed by atoms with E-state index in [0.29, 0.717) is 10.9 Å². The van der Waals surface area contributed by atoms with Crippen molar-refractivity contribution in [1.29, 1.82) is 5.26 Å². The summed E-state index contributed by atoms with van der Waals surface area (Å²) in [6.07, 6.45) is 0.533. The van der Waals surface area contributed by atoms with Crippen molar-refractivity contribution in [2.75, 3.05) is 13.1 Å². The van der Waals surface area contributed by atoms with Crippen LogP contribution >= 0.6 is 0 Å². The van der Waals surface area contributed by atoms with Gasteiger partial charge in [0.25, 0.3) is 11.8 Å². The van der Waals surface area contributed by atoms with Gasteiger partial charge in [-0.05, 0) is 6.07 Å². The lowest BCUT2D eigenvalue weighted by Gasteiger charge is -2.19. The quantitative estimate of drug-likeness (QED) is 0.899. The Morgan fingerprint density at radius 2 is 2.12 bits per heavy atom. The standard InChI is InChI=1S/C16H13F2N5O2/c17-16(18)5-10(6-19)23(8-16)13(24)7-20-15(25)14-11-3-1-2-4-12(11)21-9-22-14/h1-4,9-10H,5,7-8H2,(H,20,25). The van der Waals surface area contributed by atoms with E-state index < -0.39 is 43.3 Å². The van der Waals surface area contributed by atoms with E-state index >= 15 is 0 Å². The largest absolute Gasteiger partial charge is 0.342 e. The lowest BCUT2D eigenvalue weighted by atomic mass is 10.2. The van der Waals surface area contributed by atoms with Crippen LogP contribution in [0.5, 0.6) is 0 Å². The number of alkyl halides is 2. The van der Waals surface area contributed by atoms with Gasteiger partial charge in [-0.2, -0.15) is 5.26 Å². The molecule has 0 saturated carbocycles. The molecule has 0 aliphatic carbocycles. The Morgan fingerprint density at radius 1 is 1.36 bits per heavy atom. The Balaban J connectivity index is 1.70. The van der Waals surface area contributed by atoms with E-state index in [1.54, 1.807) is 30.3 Å². The first-order valence-corrected chi connectivity index (χ1v) is 7.46. The zero-order valence-corrected chi connectivity index (χ0v) is 12.9. The maximum Gasteiger partial charge on any atom is 0.271 e. The Bertz CT molecular complexity index is 875. The number of carbonyl (C=O) groups is 2. The Labute approximate surface area is 141 Å². The fourth-order valence-corrected chi connectivity index (χ4v) is 2.72. The van der Waals surface area contributed by atoms with Crippen LogP contribution in [0.2, 0.25) is 0 Å². The van der Waals surface area contributed by atoms with E-state index in [4.69, 9.17) is 5.26 Å². The third-order valence-electron chi connectivity index (χ3n) is 3.90. The second-order valence-electron chi connectivity index (χ2n) is 5.65. The number of nitrogens with zero attached hydrogens (tertiary/aromatic N) is 4. The molecule has 1 aromatic heterocycles. The van der Waals surface area contributed by atoms with Crippen LogP contribution in [0.15, 0.2) is 30.6 Å². The minimum Gasteiger partial charge on any atom is -0.342 e. The summed E-state index contributed by atoms with van der Waals surface area (Å²) in [7, 11) is 0. The van der Waals surface area contributed by atoms with Crippen molar-refractivity contribution in [3.8, 4) is 6.07 Å². The van der Waals surface area contributed by atoms with Crippen LogP contribution in [0.4, 0.5) is 8.78 Å². The Morgan fingerprint density at radius 3 is 2.88 bits per heavy atom. The number of para-hydroxylation sites is 1. The van der Waals surface area contributed by atoms with Gasteiger partial charge in [-0.3, -0.25) is 9.59 Å². The molecule has 1 aliphatic rings. The van der Waals surface area contributed by atoms with Crippen LogP contribution in [-0.2, 0) is 4.79 Å². The Hall–Kier alpha value is -3.15. The maximum absolute atomic E-state index is 13.4. The Kier molecular flexibility index (Phi) is 4.27. The third kappa shape index (κ3) is 3.38. The summed E-state index contributed by atoms with van der Waals surface area (Å²) in [6.45, 7) is -1.32. The number of nitrogens with one attached hydrogen (secondary N) is 1. The van der Waals surface area contributed by atoms with Crippen LogP contribution in [0.3, 0.4) is 0 Å². The van der Waals surface area contributed by atoms with Crippen molar-refractivity contribution in [2.24, 2.45) is 0 Å². The van der Waals surface area contributed by atoms with E-state index in [-0.39, 0.29) is 5.69 Å². The molecule has 0 radical (unpaired) electrons. The number of halogens is 2. The number of likely N-dealkylation sites (tertiary alicyclic amines) is 1. The normalized spacial score (nSPS) is 18.8. The summed E-state index contributed by atoms with van der Waals surface area (Å²) < 4.78 is 26.8. The van der Waals surface area contributed by atoms with Gasteiger partial charge in [0.05, 0.1) is 24.7 Å². The fraction of sp³-hybridized carbons (Fsp3) is 0.312. The highest BCUT2D eigenvalue weighted by atomic mass is 19.3. The van der Waals surface area contributed by atoms with Crippen molar-refractivity contribution < 1.29 is 18.4 Å². The van der Waals surface area contributed by atoms with Gasteiger partial charge in [-0.1, -0.05) is 18.2 Å². The van der Waals surface area contributed by atoms with Crippen molar-refractivity contribution in [1.82, 2.24) is 20.2 Å². The van der Waals surface area contributed by atoms with Gasteiger partial charge in [0, 0.05) is 11.8 Å². The summed E-state index contributed by atoms with van der Waals surface area (Å²) >= 11 is 0. The van der Waals surface area contributed by atoms with Crippen LogP contribution in [0.1, 0.15) is 16.9 Å².